The van der Waals surface area contributed by atoms with Gasteiger partial charge in [-0.05, 0) is 17.7 Å². The molecule has 0 aromatic heterocycles. The minimum absolute atomic E-state index is 0.0551. The van der Waals surface area contributed by atoms with Gasteiger partial charge in [-0.2, -0.15) is 0 Å². The van der Waals surface area contributed by atoms with E-state index in [1.807, 2.05) is 12.1 Å². The molecule has 0 aliphatic carbocycles. The van der Waals surface area contributed by atoms with Crippen LogP contribution in [0.1, 0.15) is 12.5 Å². The van der Waals surface area contributed by atoms with Crippen LogP contribution in [-0.4, -0.2) is 39.0 Å². The zero-order chi connectivity index (χ0) is 15.0. The van der Waals surface area contributed by atoms with Crippen LogP contribution in [0.3, 0.4) is 0 Å². The molecular formula is C13H20N2O4S. The molecule has 0 unspecified atom stereocenters. The van der Waals surface area contributed by atoms with Crippen molar-refractivity contribution in [2.24, 2.45) is 5.73 Å². The number of sulfone groups is 1. The van der Waals surface area contributed by atoms with Gasteiger partial charge < -0.3 is 15.8 Å². The number of rotatable bonds is 8. The van der Waals surface area contributed by atoms with Gasteiger partial charge in [-0.3, -0.25) is 4.79 Å². The van der Waals surface area contributed by atoms with E-state index in [2.05, 4.69) is 5.32 Å². The van der Waals surface area contributed by atoms with Crippen LogP contribution >= 0.6 is 0 Å². The first-order valence-electron chi connectivity index (χ1n) is 6.35. The van der Waals surface area contributed by atoms with Crippen LogP contribution in [0.5, 0.6) is 5.75 Å². The summed E-state index contributed by atoms with van der Waals surface area (Å²) in [5.41, 5.74) is 6.45. The third kappa shape index (κ3) is 6.03. The zero-order valence-electron chi connectivity index (χ0n) is 11.5. The molecule has 6 nitrogen and oxygen atoms in total. The Bertz CT molecular complexity index is 526. The fourth-order valence-electron chi connectivity index (χ4n) is 1.41. The highest BCUT2D eigenvalue weighted by Gasteiger charge is 2.08. The second-order valence-corrected chi connectivity index (χ2v) is 6.70. The average Bonchev–Trinajstić information content (AvgIpc) is 2.45. The van der Waals surface area contributed by atoms with E-state index in [-0.39, 0.29) is 30.6 Å². The molecule has 0 saturated heterocycles. The fourth-order valence-corrected chi connectivity index (χ4v) is 2.11. The maximum atomic E-state index is 11.5. The maximum absolute atomic E-state index is 11.5. The molecule has 0 atom stereocenters. The Balaban J connectivity index is 2.29. The number of hydrogen-bond acceptors (Lipinski definition) is 5. The van der Waals surface area contributed by atoms with E-state index in [0.717, 1.165) is 5.56 Å². The van der Waals surface area contributed by atoms with Crippen molar-refractivity contribution >= 4 is 15.7 Å². The molecule has 0 spiro atoms. The van der Waals surface area contributed by atoms with E-state index in [1.165, 1.54) is 0 Å². The minimum atomic E-state index is -3.06. The van der Waals surface area contributed by atoms with Crippen LogP contribution in [-0.2, 0) is 21.2 Å². The van der Waals surface area contributed by atoms with Crippen LogP contribution in [0.2, 0.25) is 0 Å². The van der Waals surface area contributed by atoms with Gasteiger partial charge in [-0.1, -0.05) is 19.1 Å². The summed E-state index contributed by atoms with van der Waals surface area (Å²) >= 11 is 0. The van der Waals surface area contributed by atoms with Crippen molar-refractivity contribution in [3.8, 4) is 5.75 Å². The Hall–Kier alpha value is -1.60. The van der Waals surface area contributed by atoms with Gasteiger partial charge in [0.05, 0.1) is 5.75 Å². The van der Waals surface area contributed by atoms with Gasteiger partial charge >= 0.3 is 0 Å². The molecule has 0 saturated carbocycles. The molecule has 0 aliphatic heterocycles. The lowest BCUT2D eigenvalue weighted by Crippen LogP contribution is -2.33. The van der Waals surface area contributed by atoms with Gasteiger partial charge in [0.2, 0.25) is 0 Å². The van der Waals surface area contributed by atoms with Crippen molar-refractivity contribution in [2.45, 2.75) is 13.5 Å². The van der Waals surface area contributed by atoms with Gasteiger partial charge in [0.15, 0.2) is 16.4 Å². The molecule has 0 aliphatic rings. The zero-order valence-corrected chi connectivity index (χ0v) is 12.3. The highest BCUT2D eigenvalue weighted by molar-refractivity contribution is 7.91. The number of ether oxygens (including phenoxy) is 1. The van der Waals surface area contributed by atoms with Gasteiger partial charge in [0.25, 0.3) is 5.91 Å². The highest BCUT2D eigenvalue weighted by Crippen LogP contribution is 2.11. The van der Waals surface area contributed by atoms with Crippen LogP contribution in [0, 0.1) is 0 Å². The monoisotopic (exact) mass is 300 g/mol. The van der Waals surface area contributed by atoms with Crippen molar-refractivity contribution in [2.75, 3.05) is 24.7 Å². The molecule has 1 amide bonds. The number of hydrogen-bond donors (Lipinski definition) is 2. The van der Waals surface area contributed by atoms with E-state index >= 15 is 0 Å². The van der Waals surface area contributed by atoms with E-state index in [9.17, 15) is 13.2 Å². The predicted molar refractivity (Wildman–Crippen MR) is 77.2 cm³/mol. The van der Waals surface area contributed by atoms with Gasteiger partial charge in [-0.15, -0.1) is 0 Å². The van der Waals surface area contributed by atoms with Gasteiger partial charge in [0, 0.05) is 18.8 Å². The molecule has 1 aromatic rings. The smallest absolute Gasteiger partial charge is 0.257 e. The van der Waals surface area contributed by atoms with Crippen LogP contribution in [0.25, 0.3) is 0 Å². The van der Waals surface area contributed by atoms with E-state index < -0.39 is 9.84 Å². The molecule has 0 heterocycles. The predicted octanol–water partition coefficient (Wildman–Crippen LogP) is 0.0750. The number of nitrogens with two attached hydrogens (primary N) is 1. The summed E-state index contributed by atoms with van der Waals surface area (Å²) in [6.07, 6.45) is 0. The molecule has 20 heavy (non-hydrogen) atoms. The van der Waals surface area contributed by atoms with Crippen molar-refractivity contribution in [1.29, 1.82) is 0 Å². The molecule has 0 bridgehead atoms. The summed E-state index contributed by atoms with van der Waals surface area (Å²) in [5.74, 6) is 0.241. The molecule has 0 fully saturated rings. The molecule has 0 radical (unpaired) electrons. The molecular weight excluding hydrogens is 280 g/mol. The minimum Gasteiger partial charge on any atom is -0.484 e. The Kier molecular flexibility index (Phi) is 6.47. The topological polar surface area (TPSA) is 98.5 Å². The van der Waals surface area contributed by atoms with Crippen molar-refractivity contribution in [3.63, 3.8) is 0 Å². The standard InChI is InChI=1S/C13H20N2O4S/c1-2-20(17,18)8-7-15-13(16)10-19-12-5-3-11(9-14)4-6-12/h3-6H,2,7-10,14H2,1H3,(H,15,16). The molecule has 1 rings (SSSR count). The van der Waals surface area contributed by atoms with Crippen molar-refractivity contribution in [3.05, 3.63) is 29.8 Å². The lowest BCUT2D eigenvalue weighted by molar-refractivity contribution is -0.122. The van der Waals surface area contributed by atoms with Crippen molar-refractivity contribution in [1.82, 2.24) is 5.32 Å². The van der Waals surface area contributed by atoms with E-state index in [1.54, 1.807) is 19.1 Å². The first-order chi connectivity index (χ1) is 9.46. The summed E-state index contributed by atoms with van der Waals surface area (Å²) < 4.78 is 27.7. The SMILES string of the molecule is CCS(=O)(=O)CCNC(=O)COc1ccc(CN)cc1. The third-order valence-electron chi connectivity index (χ3n) is 2.70. The van der Waals surface area contributed by atoms with Crippen LogP contribution in [0.4, 0.5) is 0 Å². The first-order valence-corrected chi connectivity index (χ1v) is 8.18. The second kappa shape index (κ2) is 7.86. The van der Waals surface area contributed by atoms with E-state index in [0.29, 0.717) is 12.3 Å². The largest absolute Gasteiger partial charge is 0.484 e. The van der Waals surface area contributed by atoms with Gasteiger partial charge in [-0.25, -0.2) is 8.42 Å². The number of benzene rings is 1. The summed E-state index contributed by atoms with van der Waals surface area (Å²) in [6, 6.07) is 7.11. The summed E-state index contributed by atoms with van der Waals surface area (Å²) in [7, 11) is -3.06. The normalized spacial score (nSPS) is 11.1. The molecule has 112 valence electrons. The Morgan fingerprint density at radius 2 is 1.95 bits per heavy atom. The Labute approximate surface area is 119 Å². The lowest BCUT2D eigenvalue weighted by Gasteiger charge is -2.08. The maximum Gasteiger partial charge on any atom is 0.257 e. The first kappa shape index (κ1) is 16.5. The number of nitrogens with one attached hydrogen (secondary N) is 1. The van der Waals surface area contributed by atoms with E-state index in [4.69, 9.17) is 10.5 Å². The molecule has 1 aromatic carbocycles. The summed E-state index contributed by atoms with van der Waals surface area (Å²) in [6.45, 7) is 1.98. The van der Waals surface area contributed by atoms with Gasteiger partial charge in [0.1, 0.15) is 5.75 Å². The van der Waals surface area contributed by atoms with Crippen LogP contribution in [0.15, 0.2) is 24.3 Å². The average molecular weight is 300 g/mol. The van der Waals surface area contributed by atoms with Crippen molar-refractivity contribution < 1.29 is 17.9 Å². The third-order valence-corrected chi connectivity index (χ3v) is 4.41. The summed E-state index contributed by atoms with van der Waals surface area (Å²) in [4.78, 5) is 11.5. The number of carbonyl (C=O) groups is 1. The second-order valence-electron chi connectivity index (χ2n) is 4.22. The molecule has 3 N–H and O–H groups in total. The lowest BCUT2D eigenvalue weighted by atomic mass is 10.2. The quantitative estimate of drug-likeness (QED) is 0.708. The fraction of sp³-hybridized carbons (Fsp3) is 0.462. The highest BCUT2D eigenvalue weighted by atomic mass is 32.2. The number of carbonyl (C=O) groups excluding carboxylic acids is 1. The Morgan fingerprint density at radius 3 is 2.50 bits per heavy atom. The van der Waals surface area contributed by atoms with Crippen LogP contribution < -0.4 is 15.8 Å². The number of amides is 1. The molecule has 7 heteroatoms. The summed E-state index contributed by atoms with van der Waals surface area (Å²) in [5, 5.41) is 2.50. The Morgan fingerprint density at radius 1 is 1.30 bits per heavy atom.